The van der Waals surface area contributed by atoms with Crippen molar-refractivity contribution in [3.05, 3.63) is 54.0 Å². The predicted molar refractivity (Wildman–Crippen MR) is 90.8 cm³/mol. The first-order valence-electron chi connectivity index (χ1n) is 8.05. The number of nitrogens with one attached hydrogen (secondary N) is 2. The molecule has 1 saturated heterocycles. The Kier molecular flexibility index (Phi) is 4.83. The van der Waals surface area contributed by atoms with Crippen molar-refractivity contribution in [2.75, 3.05) is 4.90 Å². The SMILES string of the molecule is Cc1cccc(N2C(=O)NC(CCC(=O)NCc3ccco3)C2=O)c1. The Morgan fingerprint density at radius 3 is 2.84 bits per heavy atom. The van der Waals surface area contributed by atoms with E-state index in [0.717, 1.165) is 10.5 Å². The third-order valence-corrected chi connectivity index (χ3v) is 3.98. The van der Waals surface area contributed by atoms with Crippen LogP contribution in [0.15, 0.2) is 47.1 Å². The van der Waals surface area contributed by atoms with Gasteiger partial charge in [-0.3, -0.25) is 9.59 Å². The van der Waals surface area contributed by atoms with Gasteiger partial charge in [0.1, 0.15) is 11.8 Å². The van der Waals surface area contributed by atoms with E-state index in [1.54, 1.807) is 30.3 Å². The van der Waals surface area contributed by atoms with E-state index in [-0.39, 0.29) is 24.7 Å². The molecule has 1 atom stereocenters. The van der Waals surface area contributed by atoms with E-state index in [2.05, 4.69) is 10.6 Å². The molecular weight excluding hydrogens is 322 g/mol. The number of anilines is 1. The van der Waals surface area contributed by atoms with Crippen LogP contribution < -0.4 is 15.5 Å². The Morgan fingerprint density at radius 2 is 2.12 bits per heavy atom. The van der Waals surface area contributed by atoms with Crippen LogP contribution in [0.1, 0.15) is 24.2 Å². The molecule has 1 aromatic heterocycles. The predicted octanol–water partition coefficient (Wildman–Crippen LogP) is 2.11. The first-order valence-corrected chi connectivity index (χ1v) is 8.05. The number of imide groups is 1. The average molecular weight is 341 g/mol. The van der Waals surface area contributed by atoms with Gasteiger partial charge in [-0.25, -0.2) is 9.69 Å². The number of carbonyl (C=O) groups excluding carboxylic acids is 3. The molecule has 0 radical (unpaired) electrons. The summed E-state index contributed by atoms with van der Waals surface area (Å²) in [5, 5.41) is 5.35. The normalized spacial score (nSPS) is 16.8. The molecular formula is C18H19N3O4. The molecule has 2 N–H and O–H groups in total. The summed E-state index contributed by atoms with van der Waals surface area (Å²) in [5.74, 6) is 0.117. The highest BCUT2D eigenvalue weighted by molar-refractivity contribution is 6.21. The molecule has 1 unspecified atom stereocenters. The lowest BCUT2D eigenvalue weighted by Crippen LogP contribution is -2.32. The smallest absolute Gasteiger partial charge is 0.329 e. The maximum absolute atomic E-state index is 12.5. The molecule has 0 saturated carbocycles. The second-order valence-corrected chi connectivity index (χ2v) is 5.91. The van der Waals surface area contributed by atoms with Crippen molar-refractivity contribution in [1.29, 1.82) is 0 Å². The van der Waals surface area contributed by atoms with E-state index in [1.807, 2.05) is 13.0 Å². The fourth-order valence-corrected chi connectivity index (χ4v) is 2.70. The lowest BCUT2D eigenvalue weighted by atomic mass is 10.1. The number of urea groups is 1. The minimum atomic E-state index is -0.692. The molecule has 1 aliphatic rings. The molecule has 7 heteroatoms. The average Bonchev–Trinajstić information content (AvgIpc) is 3.19. The summed E-state index contributed by atoms with van der Waals surface area (Å²) < 4.78 is 5.13. The van der Waals surface area contributed by atoms with E-state index >= 15 is 0 Å². The highest BCUT2D eigenvalue weighted by Crippen LogP contribution is 2.22. The van der Waals surface area contributed by atoms with E-state index in [9.17, 15) is 14.4 Å². The summed E-state index contributed by atoms with van der Waals surface area (Å²) >= 11 is 0. The Bertz CT molecular complexity index is 785. The van der Waals surface area contributed by atoms with Gasteiger partial charge in [-0.1, -0.05) is 12.1 Å². The summed E-state index contributed by atoms with van der Waals surface area (Å²) in [6.07, 6.45) is 1.92. The zero-order valence-electron chi connectivity index (χ0n) is 13.8. The quantitative estimate of drug-likeness (QED) is 0.787. The topological polar surface area (TPSA) is 91.7 Å². The van der Waals surface area contributed by atoms with Gasteiger partial charge in [0, 0.05) is 6.42 Å². The van der Waals surface area contributed by atoms with Crippen LogP contribution in [-0.4, -0.2) is 23.9 Å². The van der Waals surface area contributed by atoms with Gasteiger partial charge >= 0.3 is 6.03 Å². The van der Waals surface area contributed by atoms with E-state index in [4.69, 9.17) is 4.42 Å². The summed E-state index contributed by atoms with van der Waals surface area (Å²) in [5.41, 5.74) is 1.49. The largest absolute Gasteiger partial charge is 0.467 e. The molecule has 7 nitrogen and oxygen atoms in total. The van der Waals surface area contributed by atoms with Gasteiger partial charge in [0.05, 0.1) is 18.5 Å². The number of carbonyl (C=O) groups is 3. The van der Waals surface area contributed by atoms with Crippen LogP contribution in [0, 0.1) is 6.92 Å². The molecule has 2 aromatic rings. The molecule has 0 bridgehead atoms. The van der Waals surface area contributed by atoms with Gasteiger partial charge in [-0.15, -0.1) is 0 Å². The molecule has 2 heterocycles. The fraction of sp³-hybridized carbons (Fsp3) is 0.278. The zero-order chi connectivity index (χ0) is 17.8. The summed E-state index contributed by atoms with van der Waals surface area (Å²) in [7, 11) is 0. The molecule has 4 amide bonds. The highest BCUT2D eigenvalue weighted by Gasteiger charge is 2.38. The van der Waals surface area contributed by atoms with Crippen LogP contribution in [0.4, 0.5) is 10.5 Å². The Balaban J connectivity index is 1.54. The van der Waals surface area contributed by atoms with Crippen LogP contribution in [0.2, 0.25) is 0 Å². The van der Waals surface area contributed by atoms with Gasteiger partial charge in [0.25, 0.3) is 5.91 Å². The van der Waals surface area contributed by atoms with Crippen LogP contribution in [0.3, 0.4) is 0 Å². The second kappa shape index (κ2) is 7.21. The van der Waals surface area contributed by atoms with E-state index in [1.165, 1.54) is 6.26 Å². The van der Waals surface area contributed by atoms with Gasteiger partial charge in [0.2, 0.25) is 5.91 Å². The van der Waals surface area contributed by atoms with Gasteiger partial charge < -0.3 is 15.1 Å². The van der Waals surface area contributed by atoms with Gasteiger partial charge in [-0.2, -0.15) is 0 Å². The number of furan rings is 1. The molecule has 1 aliphatic heterocycles. The van der Waals surface area contributed by atoms with E-state index in [0.29, 0.717) is 18.0 Å². The van der Waals surface area contributed by atoms with Crippen molar-refractivity contribution in [1.82, 2.24) is 10.6 Å². The highest BCUT2D eigenvalue weighted by atomic mass is 16.3. The minimum absolute atomic E-state index is 0.138. The van der Waals surface area contributed by atoms with Gasteiger partial charge in [0.15, 0.2) is 0 Å². The molecule has 25 heavy (non-hydrogen) atoms. The summed E-state index contributed by atoms with van der Waals surface area (Å²) in [6, 6.07) is 9.52. The van der Waals surface area contributed by atoms with Crippen molar-refractivity contribution in [3.63, 3.8) is 0 Å². The lowest BCUT2D eigenvalue weighted by molar-refractivity contribution is -0.122. The van der Waals surface area contributed by atoms with Crippen molar-refractivity contribution in [2.45, 2.75) is 32.4 Å². The maximum Gasteiger partial charge on any atom is 0.329 e. The number of benzene rings is 1. The number of rotatable bonds is 6. The molecule has 0 spiro atoms. The fourth-order valence-electron chi connectivity index (χ4n) is 2.70. The first-order chi connectivity index (χ1) is 12.0. The number of hydrogen-bond acceptors (Lipinski definition) is 4. The van der Waals surface area contributed by atoms with E-state index < -0.39 is 12.1 Å². The standard InChI is InChI=1S/C18H19N3O4/c1-12-4-2-5-13(10-12)21-17(23)15(20-18(21)24)7-8-16(22)19-11-14-6-3-9-25-14/h2-6,9-10,15H,7-8,11H2,1H3,(H,19,22)(H,20,24). The zero-order valence-corrected chi connectivity index (χ0v) is 13.8. The number of hydrogen-bond donors (Lipinski definition) is 2. The monoisotopic (exact) mass is 341 g/mol. The Labute approximate surface area is 145 Å². The summed E-state index contributed by atoms with van der Waals surface area (Å²) in [4.78, 5) is 37.6. The maximum atomic E-state index is 12.5. The van der Waals surface area contributed by atoms with Crippen LogP contribution in [-0.2, 0) is 16.1 Å². The molecule has 0 aliphatic carbocycles. The molecule has 1 aromatic carbocycles. The first kappa shape index (κ1) is 16.8. The van der Waals surface area contributed by atoms with Crippen molar-refractivity contribution >= 4 is 23.5 Å². The van der Waals surface area contributed by atoms with Crippen LogP contribution in [0.25, 0.3) is 0 Å². The van der Waals surface area contributed by atoms with Crippen molar-refractivity contribution < 1.29 is 18.8 Å². The van der Waals surface area contributed by atoms with Crippen molar-refractivity contribution in [2.24, 2.45) is 0 Å². The van der Waals surface area contributed by atoms with Crippen molar-refractivity contribution in [3.8, 4) is 0 Å². The third kappa shape index (κ3) is 3.88. The van der Waals surface area contributed by atoms with Crippen LogP contribution in [0.5, 0.6) is 0 Å². The van der Waals surface area contributed by atoms with Gasteiger partial charge in [-0.05, 0) is 43.2 Å². The Hall–Kier alpha value is -3.09. The molecule has 3 rings (SSSR count). The lowest BCUT2D eigenvalue weighted by Gasteiger charge is -2.13. The molecule has 1 fully saturated rings. The Morgan fingerprint density at radius 1 is 1.28 bits per heavy atom. The number of aryl methyl sites for hydroxylation is 1. The second-order valence-electron chi connectivity index (χ2n) is 5.91. The minimum Gasteiger partial charge on any atom is -0.467 e. The number of amides is 4. The third-order valence-electron chi connectivity index (χ3n) is 3.98. The number of nitrogens with zero attached hydrogens (tertiary/aromatic N) is 1. The summed E-state index contributed by atoms with van der Waals surface area (Å²) in [6.45, 7) is 2.19. The molecule has 130 valence electrons. The van der Waals surface area contributed by atoms with Crippen LogP contribution >= 0.6 is 0 Å².